The normalized spacial score (nSPS) is 9.18. The van der Waals surface area contributed by atoms with Crippen LogP contribution in [-0.4, -0.2) is 31.1 Å². The Morgan fingerprint density at radius 2 is 2.18 bits per heavy atom. The van der Waals surface area contributed by atoms with Crippen molar-refractivity contribution in [3.63, 3.8) is 0 Å². The molecule has 1 N–H and O–H groups in total. The molecule has 0 spiro atoms. The topological polar surface area (TPSA) is 55.8 Å². The maximum absolute atomic E-state index is 9.80. The third-order valence-corrected chi connectivity index (χ3v) is 0.802. The summed E-state index contributed by atoms with van der Waals surface area (Å²) in [6, 6.07) is 0. The number of hydrogen-bond acceptors (Lipinski definition) is 3. The monoisotopic (exact) mass is 160 g/mol. The summed E-state index contributed by atoms with van der Waals surface area (Å²) in [5.74, 6) is 0. The highest BCUT2D eigenvalue weighted by Gasteiger charge is 1.94. The number of carbonyl (C=O) groups is 1. The van der Waals surface area contributed by atoms with E-state index in [2.05, 4.69) is 11.3 Å². The van der Waals surface area contributed by atoms with Crippen molar-refractivity contribution < 1.29 is 19.4 Å². The molecule has 0 bridgehead atoms. The average molecular weight is 160 g/mol. The van der Waals surface area contributed by atoms with Crippen LogP contribution in [0.2, 0.25) is 0 Å². The van der Waals surface area contributed by atoms with Crippen LogP contribution >= 0.6 is 0 Å². The van der Waals surface area contributed by atoms with Gasteiger partial charge in [0.2, 0.25) is 0 Å². The molecule has 0 radical (unpaired) electrons. The molecule has 0 saturated heterocycles. The quantitative estimate of drug-likeness (QED) is 0.374. The van der Waals surface area contributed by atoms with Crippen LogP contribution in [0.1, 0.15) is 6.92 Å². The average Bonchev–Trinajstić information content (AvgIpc) is 1.85. The van der Waals surface area contributed by atoms with Crippen molar-refractivity contribution >= 4 is 6.16 Å². The Bertz CT molecular complexity index is 125. The molecule has 0 fully saturated rings. The van der Waals surface area contributed by atoms with Gasteiger partial charge in [-0.2, -0.15) is 0 Å². The molecule has 4 nitrogen and oxygen atoms in total. The van der Waals surface area contributed by atoms with Crippen LogP contribution in [-0.2, 0) is 9.47 Å². The van der Waals surface area contributed by atoms with E-state index in [4.69, 9.17) is 9.84 Å². The van der Waals surface area contributed by atoms with E-state index in [-0.39, 0.29) is 13.2 Å². The van der Waals surface area contributed by atoms with Crippen molar-refractivity contribution in [2.45, 2.75) is 6.92 Å². The van der Waals surface area contributed by atoms with E-state index in [0.717, 1.165) is 5.57 Å². The Hall–Kier alpha value is -1.03. The lowest BCUT2D eigenvalue weighted by molar-refractivity contribution is 0.0540. The van der Waals surface area contributed by atoms with Crippen molar-refractivity contribution in [3.8, 4) is 0 Å². The maximum Gasteiger partial charge on any atom is 0.505 e. The molecular weight excluding hydrogens is 148 g/mol. The zero-order valence-corrected chi connectivity index (χ0v) is 6.50. The van der Waals surface area contributed by atoms with Gasteiger partial charge in [-0.05, 0) is 6.92 Å². The van der Waals surface area contributed by atoms with Gasteiger partial charge in [0.25, 0.3) is 0 Å². The number of hydrogen-bond donors (Lipinski definition) is 1. The van der Waals surface area contributed by atoms with Crippen molar-refractivity contribution in [2.75, 3.05) is 19.8 Å². The van der Waals surface area contributed by atoms with Crippen molar-refractivity contribution in [3.05, 3.63) is 12.2 Å². The molecule has 0 aromatic heterocycles. The third-order valence-electron chi connectivity index (χ3n) is 0.802. The fourth-order valence-corrected chi connectivity index (χ4v) is 0.434. The Morgan fingerprint density at radius 3 is 2.64 bits per heavy atom. The van der Waals surface area contributed by atoms with Crippen LogP contribution in [0.5, 0.6) is 0 Å². The summed E-state index contributed by atoms with van der Waals surface area (Å²) in [4.78, 5) is 9.80. The Morgan fingerprint density at radius 1 is 1.55 bits per heavy atom. The molecule has 0 unspecified atom stereocenters. The Balaban J connectivity index is 3.03. The molecule has 0 amide bonds. The third kappa shape index (κ3) is 8.97. The van der Waals surface area contributed by atoms with Crippen LogP contribution in [0.15, 0.2) is 12.2 Å². The lowest BCUT2D eigenvalue weighted by Crippen LogP contribution is -2.08. The van der Waals surface area contributed by atoms with Crippen molar-refractivity contribution in [1.29, 1.82) is 0 Å². The van der Waals surface area contributed by atoms with Gasteiger partial charge < -0.3 is 14.6 Å². The summed E-state index contributed by atoms with van der Waals surface area (Å²) in [5, 5.41) is 8.03. The van der Waals surface area contributed by atoms with Gasteiger partial charge in [0.1, 0.15) is 6.61 Å². The summed E-state index contributed by atoms with van der Waals surface area (Å²) in [6.45, 7) is 6.23. The van der Waals surface area contributed by atoms with E-state index in [1.807, 2.05) is 6.92 Å². The summed E-state index contributed by atoms with van der Waals surface area (Å²) in [7, 11) is 0. The standard InChI is InChI=1S/C7H12O4/c1-6(2)5-10-3-4-11-7(8)9/h1,3-5H2,2H3,(H,8,9). The van der Waals surface area contributed by atoms with Crippen molar-refractivity contribution in [2.24, 2.45) is 0 Å². The molecule has 0 aromatic carbocycles. The molecule has 0 aliphatic rings. The molecule has 11 heavy (non-hydrogen) atoms. The Labute approximate surface area is 65.4 Å². The molecule has 4 heteroatoms. The van der Waals surface area contributed by atoms with Crippen LogP contribution in [0, 0.1) is 0 Å². The largest absolute Gasteiger partial charge is 0.505 e. The Kier molecular flexibility index (Phi) is 5.20. The van der Waals surface area contributed by atoms with Crippen LogP contribution in [0.4, 0.5) is 4.79 Å². The van der Waals surface area contributed by atoms with Crippen LogP contribution in [0.25, 0.3) is 0 Å². The predicted molar refractivity (Wildman–Crippen MR) is 39.6 cm³/mol. The lowest BCUT2D eigenvalue weighted by atomic mass is 10.4. The van der Waals surface area contributed by atoms with E-state index in [0.29, 0.717) is 6.61 Å². The number of rotatable bonds is 5. The summed E-state index contributed by atoms with van der Waals surface area (Å²) in [5.41, 5.74) is 0.903. The molecule has 0 saturated carbocycles. The second kappa shape index (κ2) is 5.73. The van der Waals surface area contributed by atoms with E-state index in [1.54, 1.807) is 0 Å². The van der Waals surface area contributed by atoms with Gasteiger partial charge in [0.15, 0.2) is 0 Å². The van der Waals surface area contributed by atoms with Gasteiger partial charge in [0, 0.05) is 0 Å². The zero-order valence-electron chi connectivity index (χ0n) is 6.50. The van der Waals surface area contributed by atoms with E-state index in [1.165, 1.54) is 0 Å². The molecule has 0 aromatic rings. The van der Waals surface area contributed by atoms with Crippen molar-refractivity contribution in [1.82, 2.24) is 0 Å². The first kappa shape index (κ1) is 9.97. The minimum atomic E-state index is -1.27. The minimum Gasteiger partial charge on any atom is -0.450 e. The molecule has 0 aliphatic heterocycles. The van der Waals surface area contributed by atoms with Gasteiger partial charge in [-0.1, -0.05) is 12.2 Å². The summed E-state index contributed by atoms with van der Waals surface area (Å²) < 4.78 is 9.14. The first-order chi connectivity index (χ1) is 5.13. The molecule has 64 valence electrons. The zero-order chi connectivity index (χ0) is 8.69. The molecule has 0 aliphatic carbocycles. The highest BCUT2D eigenvalue weighted by Crippen LogP contribution is 1.87. The highest BCUT2D eigenvalue weighted by atomic mass is 16.7. The second-order valence-corrected chi connectivity index (χ2v) is 2.12. The summed E-state index contributed by atoms with van der Waals surface area (Å²) in [6.07, 6.45) is -1.27. The molecule has 0 rings (SSSR count). The van der Waals surface area contributed by atoms with Gasteiger partial charge >= 0.3 is 6.16 Å². The summed E-state index contributed by atoms with van der Waals surface area (Å²) >= 11 is 0. The predicted octanol–water partition coefficient (Wildman–Crippen LogP) is 1.27. The fourth-order valence-electron chi connectivity index (χ4n) is 0.434. The molecular formula is C7H12O4. The van der Waals surface area contributed by atoms with Crippen LogP contribution in [0.3, 0.4) is 0 Å². The fraction of sp³-hybridized carbons (Fsp3) is 0.571. The smallest absolute Gasteiger partial charge is 0.450 e. The minimum absolute atomic E-state index is 0.0720. The number of ether oxygens (including phenoxy) is 2. The van der Waals surface area contributed by atoms with E-state index < -0.39 is 6.16 Å². The highest BCUT2D eigenvalue weighted by molar-refractivity contribution is 5.56. The van der Waals surface area contributed by atoms with E-state index >= 15 is 0 Å². The first-order valence-electron chi connectivity index (χ1n) is 3.20. The van der Waals surface area contributed by atoms with E-state index in [9.17, 15) is 4.79 Å². The van der Waals surface area contributed by atoms with Gasteiger partial charge in [-0.3, -0.25) is 0 Å². The van der Waals surface area contributed by atoms with Gasteiger partial charge in [-0.15, -0.1) is 0 Å². The molecule has 0 heterocycles. The SMILES string of the molecule is C=C(C)COCCOC(=O)O. The second-order valence-electron chi connectivity index (χ2n) is 2.12. The van der Waals surface area contributed by atoms with Gasteiger partial charge in [0.05, 0.1) is 13.2 Å². The van der Waals surface area contributed by atoms with Crippen LogP contribution < -0.4 is 0 Å². The first-order valence-corrected chi connectivity index (χ1v) is 3.20. The van der Waals surface area contributed by atoms with Gasteiger partial charge in [-0.25, -0.2) is 4.79 Å². The lowest BCUT2D eigenvalue weighted by Gasteiger charge is -2.02. The number of carboxylic acid groups (broad SMARTS) is 1. The molecule has 0 atom stereocenters. The maximum atomic E-state index is 9.80.